The molecule has 5 nitrogen and oxygen atoms in total. The van der Waals surface area contributed by atoms with Crippen LogP contribution in [0.25, 0.3) is 0 Å². The van der Waals surface area contributed by atoms with Gasteiger partial charge in [0.1, 0.15) is 24.4 Å². The monoisotopic (exact) mass is 378 g/mol. The van der Waals surface area contributed by atoms with Crippen LogP contribution in [0.3, 0.4) is 0 Å². The Kier molecular flexibility index (Phi) is 7.02. The highest BCUT2D eigenvalue weighted by Gasteiger charge is 2.46. The third-order valence-corrected chi connectivity index (χ3v) is 4.66. The summed E-state index contributed by atoms with van der Waals surface area (Å²) in [5.41, 5.74) is 1.95. The van der Waals surface area contributed by atoms with Gasteiger partial charge in [0.05, 0.1) is 19.1 Å². The molecule has 0 radical (unpaired) electrons. The average molecular weight is 379 g/mol. The summed E-state index contributed by atoms with van der Waals surface area (Å²) in [5, 5.41) is 20.4. The number of halogens is 1. The summed E-state index contributed by atoms with van der Waals surface area (Å²) in [4.78, 5) is 0. The number of ether oxygens (including phenoxy) is 3. The lowest BCUT2D eigenvalue weighted by Crippen LogP contribution is -2.59. The lowest BCUT2D eigenvalue weighted by Gasteiger charge is -2.42. The van der Waals surface area contributed by atoms with Crippen molar-refractivity contribution in [1.82, 2.24) is 0 Å². The van der Waals surface area contributed by atoms with Crippen LogP contribution in [0, 0.1) is 0 Å². The van der Waals surface area contributed by atoms with E-state index in [1.165, 1.54) is 0 Å². The van der Waals surface area contributed by atoms with Crippen molar-refractivity contribution in [2.75, 3.05) is 5.88 Å². The Morgan fingerprint density at radius 2 is 1.31 bits per heavy atom. The molecule has 0 spiro atoms. The molecule has 1 heterocycles. The van der Waals surface area contributed by atoms with E-state index in [0.717, 1.165) is 11.1 Å². The SMILES string of the molecule is O[C@H]1[C@@H](OCc2ccccc2)[C@H](OCc2ccccc2)[C@@H](CCl)O[C@@H]1O. The minimum atomic E-state index is -1.36. The van der Waals surface area contributed by atoms with Crippen molar-refractivity contribution < 1.29 is 24.4 Å². The molecule has 26 heavy (non-hydrogen) atoms. The first-order valence-electron chi connectivity index (χ1n) is 8.57. The summed E-state index contributed by atoms with van der Waals surface area (Å²) in [7, 11) is 0. The smallest absolute Gasteiger partial charge is 0.184 e. The molecular weight excluding hydrogens is 356 g/mol. The van der Waals surface area contributed by atoms with Crippen LogP contribution in [-0.4, -0.2) is 46.8 Å². The third kappa shape index (κ3) is 4.82. The summed E-state index contributed by atoms with van der Waals surface area (Å²) in [6.07, 6.45) is -4.53. The number of hydrogen-bond donors (Lipinski definition) is 2. The van der Waals surface area contributed by atoms with Gasteiger partial charge in [-0.05, 0) is 11.1 Å². The minimum absolute atomic E-state index is 0.119. The maximum Gasteiger partial charge on any atom is 0.184 e. The highest BCUT2D eigenvalue weighted by Crippen LogP contribution is 2.27. The molecule has 1 aliphatic rings. The van der Waals surface area contributed by atoms with Gasteiger partial charge in [0.25, 0.3) is 0 Å². The molecule has 0 amide bonds. The van der Waals surface area contributed by atoms with Crippen LogP contribution in [0.4, 0.5) is 0 Å². The summed E-state index contributed by atoms with van der Waals surface area (Å²) in [6, 6.07) is 19.3. The molecule has 140 valence electrons. The summed E-state index contributed by atoms with van der Waals surface area (Å²) in [5.74, 6) is 0.119. The van der Waals surface area contributed by atoms with Crippen molar-refractivity contribution >= 4 is 11.6 Å². The van der Waals surface area contributed by atoms with Crippen LogP contribution in [-0.2, 0) is 27.4 Å². The van der Waals surface area contributed by atoms with Crippen molar-refractivity contribution in [3.63, 3.8) is 0 Å². The fourth-order valence-corrected chi connectivity index (χ4v) is 3.21. The molecule has 2 N–H and O–H groups in total. The van der Waals surface area contributed by atoms with E-state index in [1.807, 2.05) is 60.7 Å². The van der Waals surface area contributed by atoms with E-state index in [0.29, 0.717) is 6.61 Å². The Bertz CT molecular complexity index is 610. The summed E-state index contributed by atoms with van der Waals surface area (Å²) in [6.45, 7) is 0.617. The molecular formula is C20H23ClO5. The minimum Gasteiger partial charge on any atom is -0.385 e. The lowest BCUT2D eigenvalue weighted by atomic mass is 9.99. The molecule has 1 fully saturated rings. The predicted molar refractivity (Wildman–Crippen MR) is 97.6 cm³/mol. The molecule has 0 saturated carbocycles. The Labute approximate surface area is 158 Å². The number of benzene rings is 2. The van der Waals surface area contributed by atoms with Gasteiger partial charge >= 0.3 is 0 Å². The van der Waals surface area contributed by atoms with E-state index in [2.05, 4.69) is 0 Å². The largest absolute Gasteiger partial charge is 0.385 e. The van der Waals surface area contributed by atoms with Crippen molar-refractivity contribution in [1.29, 1.82) is 0 Å². The molecule has 3 rings (SSSR count). The fraction of sp³-hybridized carbons (Fsp3) is 0.400. The van der Waals surface area contributed by atoms with Gasteiger partial charge in [-0.3, -0.25) is 0 Å². The Morgan fingerprint density at radius 1 is 0.808 bits per heavy atom. The van der Waals surface area contributed by atoms with E-state index in [-0.39, 0.29) is 12.5 Å². The van der Waals surface area contributed by atoms with Gasteiger partial charge < -0.3 is 24.4 Å². The molecule has 0 bridgehead atoms. The number of alkyl halides is 1. The Balaban J connectivity index is 1.71. The van der Waals surface area contributed by atoms with E-state index >= 15 is 0 Å². The standard InChI is InChI=1S/C20H23ClO5/c21-11-16-18(24-12-14-7-3-1-4-8-14)19(17(22)20(23)26-16)25-13-15-9-5-2-6-10-15/h1-10,16-20,22-23H,11-13H2/t16-,17+,18-,19-,20+/m1/s1. The van der Waals surface area contributed by atoms with Crippen LogP contribution in [0.15, 0.2) is 60.7 Å². The zero-order chi connectivity index (χ0) is 18.4. The molecule has 6 heteroatoms. The molecule has 5 atom stereocenters. The second kappa shape index (κ2) is 9.46. The fourth-order valence-electron chi connectivity index (χ4n) is 2.96. The van der Waals surface area contributed by atoms with Crippen LogP contribution in [0.5, 0.6) is 0 Å². The first-order chi connectivity index (χ1) is 12.7. The van der Waals surface area contributed by atoms with E-state index in [4.69, 9.17) is 25.8 Å². The Hall–Kier alpha value is -1.47. The average Bonchev–Trinajstić information content (AvgIpc) is 2.69. The third-order valence-electron chi connectivity index (χ3n) is 4.36. The summed E-state index contributed by atoms with van der Waals surface area (Å²) >= 11 is 6.00. The zero-order valence-electron chi connectivity index (χ0n) is 14.3. The van der Waals surface area contributed by atoms with E-state index in [9.17, 15) is 10.2 Å². The normalized spacial score (nSPS) is 28.8. The zero-order valence-corrected chi connectivity index (χ0v) is 15.0. The Morgan fingerprint density at radius 3 is 1.81 bits per heavy atom. The van der Waals surface area contributed by atoms with Gasteiger partial charge in [0.2, 0.25) is 0 Å². The maximum absolute atomic E-state index is 10.4. The van der Waals surface area contributed by atoms with Crippen molar-refractivity contribution in [2.24, 2.45) is 0 Å². The lowest BCUT2D eigenvalue weighted by molar-refractivity contribution is -0.296. The first-order valence-corrected chi connectivity index (χ1v) is 9.11. The van der Waals surface area contributed by atoms with Gasteiger partial charge in [-0.2, -0.15) is 0 Å². The predicted octanol–water partition coefficient (Wildman–Crippen LogP) is 2.47. The number of rotatable bonds is 7. The van der Waals surface area contributed by atoms with Gasteiger partial charge in [-0.15, -0.1) is 11.6 Å². The van der Waals surface area contributed by atoms with Crippen LogP contribution in [0.1, 0.15) is 11.1 Å². The van der Waals surface area contributed by atoms with E-state index in [1.54, 1.807) is 0 Å². The molecule has 0 aromatic heterocycles. The molecule has 1 saturated heterocycles. The summed E-state index contributed by atoms with van der Waals surface area (Å²) < 4.78 is 17.3. The van der Waals surface area contributed by atoms with Crippen LogP contribution >= 0.6 is 11.6 Å². The van der Waals surface area contributed by atoms with Crippen molar-refractivity contribution in [3.8, 4) is 0 Å². The molecule has 1 aliphatic heterocycles. The van der Waals surface area contributed by atoms with Gasteiger partial charge in [0, 0.05) is 0 Å². The topological polar surface area (TPSA) is 68.2 Å². The number of aliphatic hydroxyl groups is 2. The first kappa shape index (κ1) is 19.3. The number of aliphatic hydroxyl groups excluding tert-OH is 2. The van der Waals surface area contributed by atoms with Gasteiger partial charge in [-0.1, -0.05) is 60.7 Å². The molecule has 0 aliphatic carbocycles. The van der Waals surface area contributed by atoms with Gasteiger partial charge in [-0.25, -0.2) is 0 Å². The highest BCUT2D eigenvalue weighted by molar-refractivity contribution is 6.18. The quantitative estimate of drug-likeness (QED) is 0.724. The van der Waals surface area contributed by atoms with E-state index < -0.39 is 30.7 Å². The molecule has 2 aromatic rings. The second-order valence-electron chi connectivity index (χ2n) is 6.23. The van der Waals surface area contributed by atoms with Crippen molar-refractivity contribution in [2.45, 2.75) is 43.9 Å². The van der Waals surface area contributed by atoms with Crippen LogP contribution in [0.2, 0.25) is 0 Å². The van der Waals surface area contributed by atoms with Crippen molar-refractivity contribution in [3.05, 3.63) is 71.8 Å². The second-order valence-corrected chi connectivity index (χ2v) is 6.54. The molecule has 2 aromatic carbocycles. The highest BCUT2D eigenvalue weighted by atomic mass is 35.5. The van der Waals surface area contributed by atoms with Gasteiger partial charge in [0.15, 0.2) is 6.29 Å². The maximum atomic E-state index is 10.4. The van der Waals surface area contributed by atoms with Crippen LogP contribution < -0.4 is 0 Å². The number of hydrogen-bond acceptors (Lipinski definition) is 5. The molecule has 0 unspecified atom stereocenters.